The Bertz CT molecular complexity index is 431. The fraction of sp³-hybridized carbons (Fsp3) is 0.786. The van der Waals surface area contributed by atoms with Gasteiger partial charge in [-0.05, 0) is 13.8 Å². The Morgan fingerprint density at radius 2 is 2.26 bits per heavy atom. The van der Waals surface area contributed by atoms with Gasteiger partial charge in [-0.2, -0.15) is 5.10 Å². The highest BCUT2D eigenvalue weighted by Gasteiger charge is 2.40. The first-order valence-electron chi connectivity index (χ1n) is 7.20. The topological polar surface area (TPSA) is 33.5 Å². The van der Waals surface area contributed by atoms with Crippen LogP contribution in [0.2, 0.25) is 0 Å². The van der Waals surface area contributed by atoms with Gasteiger partial charge in [0.25, 0.3) is 0 Å². The van der Waals surface area contributed by atoms with E-state index in [9.17, 15) is 0 Å². The van der Waals surface area contributed by atoms with Crippen LogP contribution in [0, 0.1) is 0 Å². The molecular formula is C14H24N4O. The third-order valence-electron chi connectivity index (χ3n) is 4.25. The fourth-order valence-electron chi connectivity index (χ4n) is 3.37. The third-order valence-corrected chi connectivity index (χ3v) is 4.25. The molecule has 3 rings (SSSR count). The van der Waals surface area contributed by atoms with E-state index in [4.69, 9.17) is 4.74 Å². The minimum absolute atomic E-state index is 0.382. The predicted molar refractivity (Wildman–Crippen MR) is 73.9 cm³/mol. The first-order chi connectivity index (χ1) is 9.13. The molecule has 1 aromatic heterocycles. The monoisotopic (exact) mass is 264 g/mol. The summed E-state index contributed by atoms with van der Waals surface area (Å²) in [5.74, 6) is 0. The Balaban J connectivity index is 1.65. The van der Waals surface area contributed by atoms with E-state index in [0.717, 1.165) is 32.8 Å². The SMILES string of the molecule is CC(C)N1CCO[C@H]2CN(Cc3cnn(C)c3)C[C@H]21. The molecule has 2 aliphatic rings. The predicted octanol–water partition coefficient (Wildman–Crippen LogP) is 0.714. The van der Waals surface area contributed by atoms with E-state index in [1.165, 1.54) is 5.56 Å². The van der Waals surface area contributed by atoms with Crippen molar-refractivity contribution in [3.8, 4) is 0 Å². The van der Waals surface area contributed by atoms with Crippen LogP contribution in [0.4, 0.5) is 0 Å². The highest BCUT2D eigenvalue weighted by atomic mass is 16.5. The van der Waals surface area contributed by atoms with E-state index in [1.54, 1.807) is 0 Å². The summed E-state index contributed by atoms with van der Waals surface area (Å²) < 4.78 is 7.82. The van der Waals surface area contributed by atoms with Crippen molar-refractivity contribution in [2.75, 3.05) is 26.2 Å². The Morgan fingerprint density at radius 1 is 1.42 bits per heavy atom. The van der Waals surface area contributed by atoms with Crippen LogP contribution >= 0.6 is 0 Å². The molecule has 0 radical (unpaired) electrons. The zero-order valence-electron chi connectivity index (χ0n) is 12.1. The molecule has 0 N–H and O–H groups in total. The van der Waals surface area contributed by atoms with Gasteiger partial charge in [0.15, 0.2) is 0 Å². The van der Waals surface area contributed by atoms with Crippen LogP contribution in [0.5, 0.6) is 0 Å². The van der Waals surface area contributed by atoms with Crippen molar-refractivity contribution in [2.24, 2.45) is 7.05 Å². The van der Waals surface area contributed by atoms with E-state index in [0.29, 0.717) is 18.2 Å². The van der Waals surface area contributed by atoms with E-state index >= 15 is 0 Å². The number of nitrogens with zero attached hydrogens (tertiary/aromatic N) is 4. The van der Waals surface area contributed by atoms with Crippen LogP contribution < -0.4 is 0 Å². The van der Waals surface area contributed by atoms with Crippen molar-refractivity contribution in [1.29, 1.82) is 0 Å². The molecule has 2 fully saturated rings. The number of hydrogen-bond donors (Lipinski definition) is 0. The molecule has 5 heteroatoms. The lowest BCUT2D eigenvalue weighted by molar-refractivity contribution is -0.0583. The number of aromatic nitrogens is 2. The number of rotatable bonds is 3. The first kappa shape index (κ1) is 13.1. The lowest BCUT2D eigenvalue weighted by Gasteiger charge is -2.39. The van der Waals surface area contributed by atoms with Crippen LogP contribution in [0.1, 0.15) is 19.4 Å². The molecule has 0 bridgehead atoms. The van der Waals surface area contributed by atoms with Gasteiger partial charge in [-0.25, -0.2) is 0 Å². The molecule has 0 saturated carbocycles. The van der Waals surface area contributed by atoms with Gasteiger partial charge in [-0.3, -0.25) is 14.5 Å². The fourth-order valence-corrected chi connectivity index (χ4v) is 3.37. The average molecular weight is 264 g/mol. The molecular weight excluding hydrogens is 240 g/mol. The van der Waals surface area contributed by atoms with Crippen molar-refractivity contribution in [3.05, 3.63) is 18.0 Å². The molecule has 0 aliphatic carbocycles. The van der Waals surface area contributed by atoms with Crippen molar-refractivity contribution in [1.82, 2.24) is 19.6 Å². The second-order valence-electron chi connectivity index (χ2n) is 6.02. The second-order valence-corrected chi connectivity index (χ2v) is 6.02. The Morgan fingerprint density at radius 3 is 2.95 bits per heavy atom. The summed E-state index contributed by atoms with van der Waals surface area (Å²) in [5.41, 5.74) is 1.29. The number of hydrogen-bond acceptors (Lipinski definition) is 4. The zero-order valence-corrected chi connectivity index (χ0v) is 12.1. The molecule has 0 spiro atoms. The quantitative estimate of drug-likeness (QED) is 0.805. The van der Waals surface area contributed by atoms with Crippen LogP contribution in [0.3, 0.4) is 0 Å². The molecule has 106 valence electrons. The number of aryl methyl sites for hydroxylation is 1. The van der Waals surface area contributed by atoms with Gasteiger partial charge in [0, 0.05) is 51.0 Å². The maximum atomic E-state index is 5.95. The van der Waals surface area contributed by atoms with E-state index in [2.05, 4.69) is 34.9 Å². The van der Waals surface area contributed by atoms with Crippen molar-refractivity contribution in [2.45, 2.75) is 38.6 Å². The maximum absolute atomic E-state index is 5.95. The Hall–Kier alpha value is -0.910. The zero-order chi connectivity index (χ0) is 13.4. The number of fused-ring (bicyclic) bond motifs is 1. The summed E-state index contributed by atoms with van der Waals surface area (Å²) in [4.78, 5) is 5.09. The molecule has 0 aromatic carbocycles. The summed E-state index contributed by atoms with van der Waals surface area (Å²) >= 11 is 0. The number of morpholine rings is 1. The normalized spacial score (nSPS) is 29.1. The lowest BCUT2D eigenvalue weighted by Crippen LogP contribution is -2.53. The molecule has 5 nitrogen and oxygen atoms in total. The number of likely N-dealkylation sites (tertiary alicyclic amines) is 1. The van der Waals surface area contributed by atoms with Crippen LogP contribution in [-0.4, -0.2) is 64.0 Å². The minimum atomic E-state index is 0.382. The van der Waals surface area contributed by atoms with Gasteiger partial charge >= 0.3 is 0 Å². The third kappa shape index (κ3) is 2.68. The molecule has 2 atom stereocenters. The summed E-state index contributed by atoms with van der Waals surface area (Å²) in [6, 6.07) is 1.17. The smallest absolute Gasteiger partial charge is 0.0870 e. The molecule has 2 saturated heterocycles. The van der Waals surface area contributed by atoms with Gasteiger partial charge < -0.3 is 4.74 Å². The van der Waals surface area contributed by atoms with Gasteiger partial charge in [0.1, 0.15) is 0 Å². The van der Waals surface area contributed by atoms with Crippen molar-refractivity contribution >= 4 is 0 Å². The molecule has 2 aliphatic heterocycles. The molecule has 19 heavy (non-hydrogen) atoms. The molecule has 0 unspecified atom stereocenters. The van der Waals surface area contributed by atoms with Gasteiger partial charge in [-0.15, -0.1) is 0 Å². The van der Waals surface area contributed by atoms with Crippen LogP contribution in [-0.2, 0) is 18.3 Å². The van der Waals surface area contributed by atoms with Crippen LogP contribution in [0.25, 0.3) is 0 Å². The molecule has 1 aromatic rings. The summed E-state index contributed by atoms with van der Waals surface area (Å²) in [6.07, 6.45) is 4.44. The molecule has 3 heterocycles. The van der Waals surface area contributed by atoms with E-state index < -0.39 is 0 Å². The Labute approximate surface area is 115 Å². The highest BCUT2D eigenvalue weighted by Crippen LogP contribution is 2.25. The lowest BCUT2D eigenvalue weighted by atomic mass is 10.1. The van der Waals surface area contributed by atoms with Crippen LogP contribution in [0.15, 0.2) is 12.4 Å². The summed E-state index contributed by atoms with van der Waals surface area (Å²) in [7, 11) is 1.97. The Kier molecular flexibility index (Phi) is 3.60. The van der Waals surface area contributed by atoms with Crippen molar-refractivity contribution in [3.63, 3.8) is 0 Å². The second kappa shape index (κ2) is 5.23. The summed E-state index contributed by atoms with van der Waals surface area (Å²) in [6.45, 7) is 9.65. The van der Waals surface area contributed by atoms with Gasteiger partial charge in [-0.1, -0.05) is 0 Å². The average Bonchev–Trinajstić information content (AvgIpc) is 2.94. The van der Waals surface area contributed by atoms with Crippen molar-refractivity contribution < 1.29 is 4.74 Å². The maximum Gasteiger partial charge on any atom is 0.0870 e. The van der Waals surface area contributed by atoms with E-state index in [1.807, 2.05) is 17.9 Å². The molecule has 0 amide bonds. The van der Waals surface area contributed by atoms with E-state index in [-0.39, 0.29) is 0 Å². The first-order valence-corrected chi connectivity index (χ1v) is 7.20. The van der Waals surface area contributed by atoms with Gasteiger partial charge in [0.05, 0.1) is 24.9 Å². The van der Waals surface area contributed by atoms with Gasteiger partial charge in [0.2, 0.25) is 0 Å². The summed E-state index contributed by atoms with van der Waals surface area (Å²) in [5, 5.41) is 4.24. The largest absolute Gasteiger partial charge is 0.374 e. The standard InChI is InChI=1S/C14H24N4O/c1-11(2)18-4-5-19-14-10-17(9-13(14)18)8-12-6-15-16(3)7-12/h6-7,11,13-14H,4-5,8-10H2,1-3H3/t13-,14+/m1/s1. The minimum Gasteiger partial charge on any atom is -0.374 e. The highest BCUT2D eigenvalue weighted by molar-refractivity contribution is 5.05. The number of ether oxygens (including phenoxy) is 1.